The average Bonchev–Trinajstić information content (AvgIpc) is 3.52. The predicted octanol–water partition coefficient (Wildman–Crippen LogP) is 7.46. The Labute approximate surface area is 261 Å². The summed E-state index contributed by atoms with van der Waals surface area (Å²) in [5.41, 5.74) is 2.72. The first-order chi connectivity index (χ1) is 21.4. The van der Waals surface area contributed by atoms with Crippen LogP contribution in [0.5, 0.6) is 11.5 Å². The maximum absolute atomic E-state index is 13.6. The lowest BCUT2D eigenvalue weighted by molar-refractivity contribution is -0.384. The molecular weight excluding hydrogens is 601 g/mol. The normalized spacial score (nSPS) is 11.3. The number of benzene rings is 4. The van der Waals surface area contributed by atoms with Crippen molar-refractivity contribution in [3.8, 4) is 22.8 Å². The highest BCUT2D eigenvalue weighted by molar-refractivity contribution is 8.00. The molecule has 12 heteroatoms. The number of carbonyl (C=O) groups excluding carboxylic acids is 2. The van der Waals surface area contributed by atoms with Crippen LogP contribution in [0.4, 0.5) is 16.5 Å². The number of nitro benzene ring substituents is 1. The second-order valence-electron chi connectivity index (χ2n) is 9.26. The van der Waals surface area contributed by atoms with Crippen molar-refractivity contribution in [1.29, 1.82) is 0 Å². The van der Waals surface area contributed by atoms with Crippen molar-refractivity contribution in [2.45, 2.75) is 10.1 Å². The summed E-state index contributed by atoms with van der Waals surface area (Å²) < 4.78 is 10.7. The number of anilines is 2. The van der Waals surface area contributed by atoms with Gasteiger partial charge in [0.1, 0.15) is 22.3 Å². The Bertz CT molecular complexity index is 1770. The molecule has 1 aromatic heterocycles. The van der Waals surface area contributed by atoms with Crippen LogP contribution >= 0.6 is 23.1 Å². The number of hydrogen-bond donors (Lipinski definition) is 2. The fourth-order valence-electron chi connectivity index (χ4n) is 4.34. The Hall–Kier alpha value is -5.20. The molecule has 0 radical (unpaired) electrons. The number of thioether (sulfide) groups is 1. The Morgan fingerprint density at radius 3 is 2.23 bits per heavy atom. The van der Waals surface area contributed by atoms with E-state index in [9.17, 15) is 19.7 Å². The molecule has 0 saturated carbocycles. The van der Waals surface area contributed by atoms with Gasteiger partial charge in [0.15, 0.2) is 5.13 Å². The molecule has 0 spiro atoms. The number of nitro groups is 1. The summed E-state index contributed by atoms with van der Waals surface area (Å²) in [5, 5.41) is 18.4. The molecule has 44 heavy (non-hydrogen) atoms. The number of methoxy groups -OCH3 is 2. The van der Waals surface area contributed by atoms with Gasteiger partial charge in [-0.3, -0.25) is 19.7 Å². The number of non-ortho nitro benzene ring substituents is 1. The number of amides is 2. The SMILES string of the molecule is COc1cccc(OC)c1C(=O)Nc1ccc(SC(C(=O)Nc2nc(-c3cccc([N+](=O)[O-])c3)cs2)c2ccccc2)cc1. The van der Waals surface area contributed by atoms with Crippen LogP contribution in [0.1, 0.15) is 21.2 Å². The van der Waals surface area contributed by atoms with Gasteiger partial charge in [0.2, 0.25) is 5.91 Å². The van der Waals surface area contributed by atoms with Gasteiger partial charge >= 0.3 is 0 Å². The summed E-state index contributed by atoms with van der Waals surface area (Å²) >= 11 is 2.59. The van der Waals surface area contributed by atoms with Crippen molar-refractivity contribution in [2.75, 3.05) is 24.9 Å². The van der Waals surface area contributed by atoms with Gasteiger partial charge in [0, 0.05) is 33.7 Å². The van der Waals surface area contributed by atoms with E-state index >= 15 is 0 Å². The van der Waals surface area contributed by atoms with Gasteiger partial charge < -0.3 is 20.1 Å². The van der Waals surface area contributed by atoms with Crippen LogP contribution in [0.3, 0.4) is 0 Å². The van der Waals surface area contributed by atoms with E-state index in [0.717, 1.165) is 10.5 Å². The molecule has 1 atom stereocenters. The highest BCUT2D eigenvalue weighted by Gasteiger charge is 2.24. The molecule has 0 aliphatic rings. The highest BCUT2D eigenvalue weighted by Crippen LogP contribution is 2.38. The lowest BCUT2D eigenvalue weighted by Gasteiger charge is -2.17. The zero-order valence-electron chi connectivity index (χ0n) is 23.6. The number of rotatable bonds is 11. The summed E-state index contributed by atoms with van der Waals surface area (Å²) in [6.07, 6.45) is 0. The molecule has 0 fully saturated rings. The lowest BCUT2D eigenvalue weighted by Crippen LogP contribution is -2.19. The molecule has 1 heterocycles. The van der Waals surface area contributed by atoms with Crippen LogP contribution in [0.25, 0.3) is 11.3 Å². The highest BCUT2D eigenvalue weighted by atomic mass is 32.2. The minimum atomic E-state index is -0.611. The van der Waals surface area contributed by atoms with E-state index in [1.807, 2.05) is 42.5 Å². The number of ether oxygens (including phenoxy) is 2. The number of aromatic nitrogens is 1. The molecule has 2 amide bonds. The number of hydrogen-bond acceptors (Lipinski definition) is 9. The van der Waals surface area contributed by atoms with E-state index in [1.165, 1.54) is 49.5 Å². The number of carbonyl (C=O) groups is 2. The van der Waals surface area contributed by atoms with E-state index in [4.69, 9.17) is 9.47 Å². The molecule has 222 valence electrons. The van der Waals surface area contributed by atoms with Crippen molar-refractivity contribution < 1.29 is 24.0 Å². The molecule has 0 aliphatic heterocycles. The standard InChI is InChI=1S/C32H26N4O6S2/c1-41-26-12-7-13-27(42-2)28(26)30(37)33-22-14-16-24(17-15-22)44-29(20-8-4-3-5-9-20)31(38)35-32-34-25(19-43-32)21-10-6-11-23(18-21)36(39)40/h3-19,29H,1-2H3,(H,33,37)(H,34,35,38). The van der Waals surface area contributed by atoms with Gasteiger partial charge in [0.05, 0.1) is 24.8 Å². The van der Waals surface area contributed by atoms with Crippen molar-refractivity contribution >= 4 is 51.4 Å². The van der Waals surface area contributed by atoms with E-state index < -0.39 is 10.2 Å². The number of nitrogens with one attached hydrogen (secondary N) is 2. The van der Waals surface area contributed by atoms with Crippen molar-refractivity contribution in [1.82, 2.24) is 4.98 Å². The second kappa shape index (κ2) is 13.8. The zero-order valence-corrected chi connectivity index (χ0v) is 25.2. The summed E-state index contributed by atoms with van der Waals surface area (Å²) in [4.78, 5) is 42.6. The molecule has 5 aromatic rings. The van der Waals surface area contributed by atoms with Crippen molar-refractivity contribution in [2.24, 2.45) is 0 Å². The first-order valence-corrected chi connectivity index (χ1v) is 15.0. The lowest BCUT2D eigenvalue weighted by atomic mass is 10.1. The minimum absolute atomic E-state index is 0.0354. The third-order valence-corrected chi connectivity index (χ3v) is 8.47. The summed E-state index contributed by atoms with van der Waals surface area (Å²) in [5.74, 6) is 0.127. The molecule has 10 nitrogen and oxygen atoms in total. The fourth-order valence-corrected chi connectivity index (χ4v) is 6.08. The number of nitrogens with zero attached hydrogens (tertiary/aromatic N) is 2. The van der Waals surface area contributed by atoms with E-state index in [1.54, 1.807) is 47.8 Å². The van der Waals surface area contributed by atoms with E-state index in [2.05, 4.69) is 15.6 Å². The van der Waals surface area contributed by atoms with Crippen molar-refractivity contribution in [3.63, 3.8) is 0 Å². The molecular formula is C32H26N4O6S2. The van der Waals surface area contributed by atoms with Gasteiger partial charge in [0.25, 0.3) is 11.6 Å². The molecule has 4 aromatic carbocycles. The van der Waals surface area contributed by atoms with Gasteiger partial charge in [-0.2, -0.15) is 0 Å². The van der Waals surface area contributed by atoms with Gasteiger partial charge in [-0.25, -0.2) is 4.98 Å². The smallest absolute Gasteiger partial charge is 0.270 e. The Kier molecular flexibility index (Phi) is 9.52. The van der Waals surface area contributed by atoms with Crippen LogP contribution in [0.2, 0.25) is 0 Å². The van der Waals surface area contributed by atoms with Gasteiger partial charge in [-0.1, -0.05) is 48.5 Å². The fraction of sp³-hybridized carbons (Fsp3) is 0.0938. The quantitative estimate of drug-likeness (QED) is 0.0877. The van der Waals surface area contributed by atoms with Crippen LogP contribution in [-0.4, -0.2) is 35.9 Å². The number of thiazole rings is 1. The molecule has 2 N–H and O–H groups in total. The topological polar surface area (TPSA) is 133 Å². The Morgan fingerprint density at radius 1 is 0.886 bits per heavy atom. The Balaban J connectivity index is 1.31. The summed E-state index contributed by atoms with van der Waals surface area (Å²) in [6.45, 7) is 0. The molecule has 5 rings (SSSR count). The van der Waals surface area contributed by atoms with E-state index in [-0.39, 0.29) is 23.1 Å². The van der Waals surface area contributed by atoms with E-state index in [0.29, 0.717) is 33.6 Å². The monoisotopic (exact) mass is 626 g/mol. The van der Waals surface area contributed by atoms with Gasteiger partial charge in [-0.15, -0.1) is 23.1 Å². The third kappa shape index (κ3) is 7.05. The maximum Gasteiger partial charge on any atom is 0.270 e. The molecule has 1 unspecified atom stereocenters. The third-order valence-electron chi connectivity index (χ3n) is 6.45. The van der Waals surface area contributed by atoms with Crippen LogP contribution in [0.15, 0.2) is 107 Å². The molecule has 0 saturated heterocycles. The van der Waals surface area contributed by atoms with Crippen LogP contribution in [-0.2, 0) is 4.79 Å². The molecule has 0 bridgehead atoms. The predicted molar refractivity (Wildman–Crippen MR) is 172 cm³/mol. The average molecular weight is 627 g/mol. The van der Waals surface area contributed by atoms with Crippen molar-refractivity contribution in [3.05, 3.63) is 124 Å². The second-order valence-corrected chi connectivity index (χ2v) is 11.3. The minimum Gasteiger partial charge on any atom is -0.496 e. The summed E-state index contributed by atoms with van der Waals surface area (Å²) in [6, 6.07) is 27.8. The van der Waals surface area contributed by atoms with Crippen LogP contribution < -0.4 is 20.1 Å². The first-order valence-electron chi connectivity index (χ1n) is 13.2. The largest absolute Gasteiger partial charge is 0.496 e. The summed E-state index contributed by atoms with van der Waals surface area (Å²) in [7, 11) is 2.98. The molecule has 0 aliphatic carbocycles. The first kappa shape index (κ1) is 30.3. The Morgan fingerprint density at radius 2 is 1.57 bits per heavy atom. The maximum atomic E-state index is 13.6. The van der Waals surface area contributed by atoms with Gasteiger partial charge in [-0.05, 0) is 42.0 Å². The van der Waals surface area contributed by atoms with Crippen LogP contribution in [0, 0.1) is 10.1 Å². The zero-order chi connectivity index (χ0) is 31.1.